The van der Waals surface area contributed by atoms with E-state index in [2.05, 4.69) is 15.9 Å². The quantitative estimate of drug-likeness (QED) is 0.826. The molecule has 0 atom stereocenters. The molecule has 0 fully saturated rings. The molecule has 0 saturated carbocycles. The fourth-order valence-corrected chi connectivity index (χ4v) is 1.71. The van der Waals surface area contributed by atoms with Crippen LogP contribution in [0.2, 0.25) is 0 Å². The fourth-order valence-electron chi connectivity index (χ4n) is 1.23. The summed E-state index contributed by atoms with van der Waals surface area (Å²) in [4.78, 5) is 10.8. The van der Waals surface area contributed by atoms with Gasteiger partial charge in [0.1, 0.15) is 0 Å². The molecule has 0 aliphatic heterocycles. The van der Waals surface area contributed by atoms with Crippen molar-refractivity contribution in [3.05, 3.63) is 22.2 Å². The molecule has 0 bridgehead atoms. The summed E-state index contributed by atoms with van der Waals surface area (Å²) in [6.07, 6.45) is 0. The van der Waals surface area contributed by atoms with Gasteiger partial charge in [0.2, 0.25) is 0 Å². The van der Waals surface area contributed by atoms with Crippen molar-refractivity contribution >= 4 is 21.9 Å². The van der Waals surface area contributed by atoms with Crippen LogP contribution in [0.25, 0.3) is 0 Å². The molecule has 0 spiro atoms. The van der Waals surface area contributed by atoms with Crippen LogP contribution in [0.15, 0.2) is 16.6 Å². The maximum atomic E-state index is 10.8. The molecule has 1 aromatic rings. The first kappa shape index (κ1) is 12.8. The molecule has 0 radical (unpaired) electrons. The number of benzene rings is 1. The van der Waals surface area contributed by atoms with Crippen LogP contribution in [0.3, 0.4) is 0 Å². The van der Waals surface area contributed by atoms with Gasteiger partial charge in [-0.2, -0.15) is 0 Å². The second kappa shape index (κ2) is 5.75. The highest BCUT2D eigenvalue weighted by atomic mass is 79.9. The number of carboxylic acids is 1. The lowest BCUT2D eigenvalue weighted by atomic mass is 10.2. The highest BCUT2D eigenvalue weighted by Gasteiger charge is 2.10. The summed E-state index contributed by atoms with van der Waals surface area (Å²) in [6.45, 7) is 4.58. The Bertz CT molecular complexity index is 390. The second-order valence-electron chi connectivity index (χ2n) is 2.93. The molecular formula is C11H12BrO4-. The van der Waals surface area contributed by atoms with Gasteiger partial charge in [-0.25, -0.2) is 0 Å². The van der Waals surface area contributed by atoms with Gasteiger partial charge in [0.05, 0.1) is 19.2 Å². The number of carboxylic acid groups (broad SMARTS) is 1. The van der Waals surface area contributed by atoms with Gasteiger partial charge in [-0.3, -0.25) is 0 Å². The zero-order valence-electron chi connectivity index (χ0n) is 9.08. The normalized spacial score (nSPS) is 9.94. The lowest BCUT2D eigenvalue weighted by molar-refractivity contribution is -0.255. The molecule has 0 heterocycles. The number of carbonyl (C=O) groups is 1. The Morgan fingerprint density at radius 2 is 1.75 bits per heavy atom. The Kier molecular flexibility index (Phi) is 4.61. The van der Waals surface area contributed by atoms with Crippen LogP contribution in [0.5, 0.6) is 11.5 Å². The van der Waals surface area contributed by atoms with Crippen molar-refractivity contribution in [3.63, 3.8) is 0 Å². The minimum absolute atomic E-state index is 0.0481. The number of ether oxygens (including phenoxy) is 2. The van der Waals surface area contributed by atoms with E-state index in [4.69, 9.17) is 9.47 Å². The zero-order valence-corrected chi connectivity index (χ0v) is 10.7. The first-order valence-electron chi connectivity index (χ1n) is 4.90. The smallest absolute Gasteiger partial charge is 0.162 e. The molecule has 0 amide bonds. The van der Waals surface area contributed by atoms with Crippen LogP contribution in [-0.2, 0) is 0 Å². The largest absolute Gasteiger partial charge is 0.545 e. The first-order chi connectivity index (χ1) is 7.60. The molecule has 16 heavy (non-hydrogen) atoms. The summed E-state index contributed by atoms with van der Waals surface area (Å²) in [7, 11) is 0. The number of aromatic carboxylic acids is 1. The standard InChI is InChI=1S/C11H13BrO4/c1-3-15-9-5-7(11(13)14)8(12)6-10(9)16-4-2/h5-6H,3-4H2,1-2H3,(H,13,14)/p-1. The highest BCUT2D eigenvalue weighted by molar-refractivity contribution is 9.10. The number of halogens is 1. The molecule has 0 saturated heterocycles. The maximum Gasteiger partial charge on any atom is 0.162 e. The van der Waals surface area contributed by atoms with Crippen LogP contribution in [0, 0.1) is 0 Å². The van der Waals surface area contributed by atoms with Crippen molar-refractivity contribution in [2.45, 2.75) is 13.8 Å². The lowest BCUT2D eigenvalue weighted by Crippen LogP contribution is -2.22. The van der Waals surface area contributed by atoms with Gasteiger partial charge in [-0.1, -0.05) is 0 Å². The minimum atomic E-state index is -1.25. The van der Waals surface area contributed by atoms with E-state index in [9.17, 15) is 9.90 Å². The molecule has 4 nitrogen and oxygen atoms in total. The third-order valence-electron chi connectivity index (χ3n) is 1.85. The van der Waals surface area contributed by atoms with Gasteiger partial charge < -0.3 is 19.4 Å². The van der Waals surface area contributed by atoms with Crippen LogP contribution in [0.1, 0.15) is 24.2 Å². The maximum absolute atomic E-state index is 10.8. The molecule has 0 aromatic heterocycles. The topological polar surface area (TPSA) is 58.6 Å². The SMILES string of the molecule is CCOc1cc(Br)c(C(=O)[O-])cc1OCC. The minimum Gasteiger partial charge on any atom is -0.545 e. The lowest BCUT2D eigenvalue weighted by Gasteiger charge is -2.14. The summed E-state index contributed by atoms with van der Waals surface area (Å²) in [5.41, 5.74) is 0.0481. The van der Waals surface area contributed by atoms with E-state index in [0.29, 0.717) is 29.2 Å². The Balaban J connectivity index is 3.19. The summed E-state index contributed by atoms with van der Waals surface area (Å²) in [5.74, 6) is -0.330. The van der Waals surface area contributed by atoms with Crippen LogP contribution < -0.4 is 14.6 Å². The van der Waals surface area contributed by atoms with Gasteiger partial charge in [0.25, 0.3) is 0 Å². The van der Waals surface area contributed by atoms with Gasteiger partial charge in [0, 0.05) is 10.0 Å². The number of carbonyl (C=O) groups excluding carboxylic acids is 1. The molecule has 1 rings (SSSR count). The molecule has 0 aliphatic rings. The monoisotopic (exact) mass is 287 g/mol. The Morgan fingerprint density at radius 1 is 1.25 bits per heavy atom. The van der Waals surface area contributed by atoms with Gasteiger partial charge in [-0.15, -0.1) is 0 Å². The van der Waals surface area contributed by atoms with E-state index in [-0.39, 0.29) is 5.56 Å². The molecule has 5 heteroatoms. The van der Waals surface area contributed by atoms with Crippen molar-refractivity contribution in [2.75, 3.05) is 13.2 Å². The molecule has 0 aliphatic carbocycles. The molecule has 0 unspecified atom stereocenters. The number of hydrogen-bond acceptors (Lipinski definition) is 4. The van der Waals surface area contributed by atoms with E-state index < -0.39 is 5.97 Å². The highest BCUT2D eigenvalue weighted by Crippen LogP contribution is 2.33. The molecular weight excluding hydrogens is 276 g/mol. The predicted octanol–water partition coefficient (Wildman–Crippen LogP) is 1.61. The first-order valence-corrected chi connectivity index (χ1v) is 5.69. The zero-order chi connectivity index (χ0) is 12.1. The summed E-state index contributed by atoms with van der Waals surface area (Å²) in [5, 5.41) is 10.8. The third kappa shape index (κ3) is 2.88. The number of rotatable bonds is 5. The van der Waals surface area contributed by atoms with E-state index in [1.165, 1.54) is 6.07 Å². The van der Waals surface area contributed by atoms with Crippen molar-refractivity contribution in [2.24, 2.45) is 0 Å². The van der Waals surface area contributed by atoms with Gasteiger partial charge in [0.15, 0.2) is 11.5 Å². The van der Waals surface area contributed by atoms with E-state index in [1.54, 1.807) is 6.07 Å². The molecule has 0 N–H and O–H groups in total. The van der Waals surface area contributed by atoms with E-state index in [1.807, 2.05) is 13.8 Å². The Hall–Kier alpha value is -1.23. The van der Waals surface area contributed by atoms with Gasteiger partial charge >= 0.3 is 0 Å². The average molecular weight is 288 g/mol. The molecule has 88 valence electrons. The summed E-state index contributed by atoms with van der Waals surface area (Å²) < 4.78 is 11.1. The fraction of sp³-hybridized carbons (Fsp3) is 0.364. The Morgan fingerprint density at radius 3 is 2.19 bits per heavy atom. The average Bonchev–Trinajstić information content (AvgIpc) is 2.22. The summed E-state index contributed by atoms with van der Waals surface area (Å²) in [6, 6.07) is 2.97. The van der Waals surface area contributed by atoms with Crippen LogP contribution in [0.4, 0.5) is 0 Å². The van der Waals surface area contributed by atoms with E-state index >= 15 is 0 Å². The van der Waals surface area contributed by atoms with Crippen molar-refractivity contribution in [1.29, 1.82) is 0 Å². The van der Waals surface area contributed by atoms with E-state index in [0.717, 1.165) is 0 Å². The predicted molar refractivity (Wildman–Crippen MR) is 60.8 cm³/mol. The third-order valence-corrected chi connectivity index (χ3v) is 2.51. The van der Waals surface area contributed by atoms with Crippen LogP contribution >= 0.6 is 15.9 Å². The number of hydrogen-bond donors (Lipinski definition) is 0. The molecule has 1 aromatic carbocycles. The Labute approximate surface area is 102 Å². The summed E-state index contributed by atoms with van der Waals surface area (Å²) >= 11 is 3.15. The second-order valence-corrected chi connectivity index (χ2v) is 3.79. The van der Waals surface area contributed by atoms with Gasteiger partial charge in [-0.05, 0) is 41.9 Å². The van der Waals surface area contributed by atoms with Crippen molar-refractivity contribution in [1.82, 2.24) is 0 Å². The van der Waals surface area contributed by atoms with Crippen LogP contribution in [-0.4, -0.2) is 19.2 Å². The van der Waals surface area contributed by atoms with Crippen molar-refractivity contribution < 1.29 is 19.4 Å². The van der Waals surface area contributed by atoms with Crippen molar-refractivity contribution in [3.8, 4) is 11.5 Å².